The molecule has 1 aromatic carbocycles. The second-order valence-corrected chi connectivity index (χ2v) is 7.19. The molecule has 0 radical (unpaired) electrons. The van der Waals surface area contributed by atoms with Crippen LogP contribution in [0, 0.1) is 0 Å². The summed E-state index contributed by atoms with van der Waals surface area (Å²) in [7, 11) is 3.20. The summed E-state index contributed by atoms with van der Waals surface area (Å²) in [6, 6.07) is 9.22. The van der Waals surface area contributed by atoms with Crippen molar-refractivity contribution in [1.82, 2.24) is 14.9 Å². The first kappa shape index (κ1) is 19.0. The number of pyridine rings is 2. The smallest absolute Gasteiger partial charge is 0.255 e. The van der Waals surface area contributed by atoms with Crippen LogP contribution >= 0.6 is 0 Å². The number of anilines is 1. The third kappa shape index (κ3) is 3.68. The third-order valence-corrected chi connectivity index (χ3v) is 5.38. The standard InChI is InChI=1S/C22H24N4O3/c1-28-19-10-16-9-17(23)21(25-18(16)11-20(19)29-2)15-6-4-8-26(13-15)22(27)14-5-3-7-24-12-14/h3,5,7,9-12,15H,4,6,8,13,23H2,1-2H3/t15-/m0/s1. The predicted octanol–water partition coefficient (Wildman–Crippen LogP) is 3.25. The van der Waals surface area contributed by atoms with Crippen LogP contribution in [0.4, 0.5) is 5.69 Å². The Kier molecular flexibility index (Phi) is 5.20. The highest BCUT2D eigenvalue weighted by molar-refractivity contribution is 5.94. The fraction of sp³-hybridized carbons (Fsp3) is 0.318. The zero-order valence-electron chi connectivity index (χ0n) is 16.6. The molecular weight excluding hydrogens is 368 g/mol. The van der Waals surface area contributed by atoms with E-state index in [1.807, 2.05) is 23.1 Å². The van der Waals surface area contributed by atoms with Crippen LogP contribution in [0.1, 0.15) is 34.8 Å². The van der Waals surface area contributed by atoms with Gasteiger partial charge in [0, 0.05) is 42.9 Å². The van der Waals surface area contributed by atoms with Gasteiger partial charge in [0.05, 0.1) is 36.7 Å². The van der Waals surface area contributed by atoms with Crippen LogP contribution in [0.25, 0.3) is 10.9 Å². The van der Waals surface area contributed by atoms with E-state index in [9.17, 15) is 4.79 Å². The van der Waals surface area contributed by atoms with Gasteiger partial charge in [-0.05, 0) is 37.1 Å². The van der Waals surface area contributed by atoms with Crippen molar-refractivity contribution >= 4 is 22.5 Å². The molecule has 1 aliphatic rings. The number of fused-ring (bicyclic) bond motifs is 1. The maximum absolute atomic E-state index is 12.8. The molecule has 1 aliphatic heterocycles. The number of methoxy groups -OCH3 is 2. The van der Waals surface area contributed by atoms with Gasteiger partial charge in [-0.15, -0.1) is 0 Å². The fourth-order valence-electron chi connectivity index (χ4n) is 3.92. The molecule has 2 N–H and O–H groups in total. The average molecular weight is 392 g/mol. The summed E-state index contributed by atoms with van der Waals surface area (Å²) in [4.78, 5) is 23.6. The van der Waals surface area contributed by atoms with Crippen LogP contribution < -0.4 is 15.2 Å². The summed E-state index contributed by atoms with van der Waals surface area (Å²) < 4.78 is 10.8. The Balaban J connectivity index is 1.64. The van der Waals surface area contributed by atoms with E-state index in [1.54, 1.807) is 38.7 Å². The number of aromatic nitrogens is 2. The van der Waals surface area contributed by atoms with Crippen LogP contribution in [-0.2, 0) is 0 Å². The van der Waals surface area contributed by atoms with E-state index in [-0.39, 0.29) is 11.8 Å². The summed E-state index contributed by atoms with van der Waals surface area (Å²) >= 11 is 0. The number of ether oxygens (including phenoxy) is 2. The van der Waals surface area contributed by atoms with Crippen molar-refractivity contribution in [2.75, 3.05) is 33.0 Å². The molecule has 4 rings (SSSR count). The minimum absolute atomic E-state index is 0.00596. The number of amides is 1. The van der Waals surface area contributed by atoms with E-state index in [4.69, 9.17) is 20.2 Å². The maximum Gasteiger partial charge on any atom is 0.255 e. The van der Waals surface area contributed by atoms with Crippen molar-refractivity contribution in [1.29, 1.82) is 0 Å². The lowest BCUT2D eigenvalue weighted by Gasteiger charge is -2.33. The lowest BCUT2D eigenvalue weighted by Crippen LogP contribution is -2.39. The Morgan fingerprint density at radius 3 is 2.72 bits per heavy atom. The van der Waals surface area contributed by atoms with E-state index < -0.39 is 0 Å². The molecule has 150 valence electrons. The molecular formula is C22H24N4O3. The molecule has 0 spiro atoms. The number of carbonyl (C=O) groups excluding carboxylic acids is 1. The molecule has 2 aromatic heterocycles. The molecule has 7 heteroatoms. The highest BCUT2D eigenvalue weighted by Crippen LogP contribution is 2.36. The molecule has 0 aliphatic carbocycles. The molecule has 0 unspecified atom stereocenters. The molecule has 1 atom stereocenters. The zero-order valence-corrected chi connectivity index (χ0v) is 16.6. The van der Waals surface area contributed by atoms with Gasteiger partial charge < -0.3 is 20.1 Å². The van der Waals surface area contributed by atoms with Crippen molar-refractivity contribution in [2.24, 2.45) is 0 Å². The Hall–Kier alpha value is -3.35. The predicted molar refractivity (Wildman–Crippen MR) is 111 cm³/mol. The quantitative estimate of drug-likeness (QED) is 0.733. The van der Waals surface area contributed by atoms with E-state index >= 15 is 0 Å². The summed E-state index contributed by atoms with van der Waals surface area (Å²) in [5.74, 6) is 1.34. The van der Waals surface area contributed by atoms with E-state index in [0.29, 0.717) is 29.3 Å². The van der Waals surface area contributed by atoms with E-state index in [0.717, 1.165) is 36.0 Å². The van der Waals surface area contributed by atoms with Gasteiger partial charge in [-0.3, -0.25) is 14.8 Å². The topological polar surface area (TPSA) is 90.6 Å². The zero-order chi connectivity index (χ0) is 20.4. The first-order valence-corrected chi connectivity index (χ1v) is 9.62. The molecule has 3 aromatic rings. The normalized spacial score (nSPS) is 16.6. The average Bonchev–Trinajstić information content (AvgIpc) is 2.77. The Labute approximate surface area is 169 Å². The number of nitrogens with zero attached hydrogens (tertiary/aromatic N) is 3. The Morgan fingerprint density at radius 1 is 1.21 bits per heavy atom. The number of nitrogens with two attached hydrogens (primary N) is 1. The van der Waals surface area contributed by atoms with Gasteiger partial charge >= 0.3 is 0 Å². The van der Waals surface area contributed by atoms with E-state index in [2.05, 4.69) is 4.98 Å². The van der Waals surface area contributed by atoms with Crippen LogP contribution in [0.2, 0.25) is 0 Å². The number of rotatable bonds is 4. The first-order valence-electron chi connectivity index (χ1n) is 9.62. The number of piperidine rings is 1. The van der Waals surface area contributed by atoms with Gasteiger partial charge in [0.2, 0.25) is 0 Å². The van der Waals surface area contributed by atoms with Gasteiger partial charge in [-0.25, -0.2) is 0 Å². The number of carbonyl (C=O) groups is 1. The van der Waals surface area contributed by atoms with Gasteiger partial charge in [0.25, 0.3) is 5.91 Å². The number of hydrogen-bond acceptors (Lipinski definition) is 6. The maximum atomic E-state index is 12.8. The highest BCUT2D eigenvalue weighted by Gasteiger charge is 2.28. The molecule has 1 amide bonds. The SMILES string of the molecule is COc1cc2cc(N)c([C@H]3CCCN(C(=O)c4cccnc4)C3)nc2cc1OC. The first-order chi connectivity index (χ1) is 14.1. The van der Waals surface area contributed by atoms with Crippen molar-refractivity contribution in [3.63, 3.8) is 0 Å². The minimum Gasteiger partial charge on any atom is -0.493 e. The highest BCUT2D eigenvalue weighted by atomic mass is 16.5. The number of likely N-dealkylation sites (tertiary alicyclic amines) is 1. The summed E-state index contributed by atoms with van der Waals surface area (Å²) in [6.45, 7) is 1.31. The van der Waals surface area contributed by atoms with Gasteiger partial charge in [-0.2, -0.15) is 0 Å². The monoisotopic (exact) mass is 392 g/mol. The van der Waals surface area contributed by atoms with Crippen molar-refractivity contribution in [3.05, 3.63) is 54.0 Å². The fourth-order valence-corrected chi connectivity index (χ4v) is 3.92. The molecule has 0 saturated carbocycles. The molecule has 7 nitrogen and oxygen atoms in total. The summed E-state index contributed by atoms with van der Waals surface area (Å²) in [5.41, 5.74) is 9.22. The van der Waals surface area contributed by atoms with E-state index in [1.165, 1.54) is 0 Å². The van der Waals surface area contributed by atoms with Crippen molar-refractivity contribution in [2.45, 2.75) is 18.8 Å². The van der Waals surface area contributed by atoms with Crippen LogP contribution in [0.15, 0.2) is 42.7 Å². The second kappa shape index (κ2) is 7.95. The Bertz CT molecular complexity index is 1040. The van der Waals surface area contributed by atoms with Crippen LogP contribution in [0.3, 0.4) is 0 Å². The Morgan fingerprint density at radius 2 is 2.00 bits per heavy atom. The second-order valence-electron chi connectivity index (χ2n) is 7.19. The molecule has 1 saturated heterocycles. The molecule has 1 fully saturated rings. The molecule has 29 heavy (non-hydrogen) atoms. The number of nitrogen functional groups attached to an aromatic ring is 1. The summed E-state index contributed by atoms with van der Waals surface area (Å²) in [6.07, 6.45) is 5.11. The lowest BCUT2D eigenvalue weighted by atomic mass is 9.92. The minimum atomic E-state index is -0.00596. The lowest BCUT2D eigenvalue weighted by molar-refractivity contribution is 0.0705. The van der Waals surface area contributed by atoms with Gasteiger partial charge in [-0.1, -0.05) is 0 Å². The largest absolute Gasteiger partial charge is 0.493 e. The van der Waals surface area contributed by atoms with Crippen LogP contribution in [0.5, 0.6) is 11.5 Å². The third-order valence-electron chi connectivity index (χ3n) is 5.38. The number of benzene rings is 1. The van der Waals surface area contributed by atoms with Crippen molar-refractivity contribution < 1.29 is 14.3 Å². The van der Waals surface area contributed by atoms with Crippen LogP contribution in [-0.4, -0.2) is 48.1 Å². The van der Waals surface area contributed by atoms with Crippen molar-refractivity contribution in [3.8, 4) is 11.5 Å². The molecule has 3 heterocycles. The van der Waals surface area contributed by atoms with Gasteiger partial charge in [0.1, 0.15) is 0 Å². The number of hydrogen-bond donors (Lipinski definition) is 1. The van der Waals surface area contributed by atoms with Gasteiger partial charge in [0.15, 0.2) is 11.5 Å². The molecule has 0 bridgehead atoms. The summed E-state index contributed by atoms with van der Waals surface area (Å²) in [5, 5.41) is 0.892.